The lowest BCUT2D eigenvalue weighted by Gasteiger charge is -2.27. The van der Waals surface area contributed by atoms with Crippen LogP contribution in [0, 0.1) is 0 Å². The van der Waals surface area contributed by atoms with Gasteiger partial charge >= 0.3 is 0 Å². The quantitative estimate of drug-likeness (QED) is 0.751. The van der Waals surface area contributed by atoms with Gasteiger partial charge in [-0.1, -0.05) is 18.2 Å². The Labute approximate surface area is 170 Å². The summed E-state index contributed by atoms with van der Waals surface area (Å²) in [6, 6.07) is 14.5. The molecule has 0 radical (unpaired) electrons. The van der Waals surface area contributed by atoms with E-state index in [0.717, 1.165) is 37.1 Å². The molecule has 0 saturated carbocycles. The molecule has 2 aromatic carbocycles. The van der Waals surface area contributed by atoms with Gasteiger partial charge in [0.25, 0.3) is 0 Å². The summed E-state index contributed by atoms with van der Waals surface area (Å²) < 4.78 is 0. The number of nitrogens with zero attached hydrogens (tertiary/aromatic N) is 1. The number of rotatable bonds is 6. The SMILES string of the molecule is O=C(CSc1ccc2c(c1)CCC2)NCc1cccc(N2CCCCC2=O)c1. The van der Waals surface area contributed by atoms with Crippen molar-refractivity contribution in [3.8, 4) is 0 Å². The van der Waals surface area contributed by atoms with Gasteiger partial charge in [-0.3, -0.25) is 9.59 Å². The Morgan fingerprint density at radius 2 is 1.89 bits per heavy atom. The number of benzene rings is 2. The van der Waals surface area contributed by atoms with Gasteiger partial charge < -0.3 is 10.2 Å². The van der Waals surface area contributed by atoms with Crippen molar-refractivity contribution < 1.29 is 9.59 Å². The van der Waals surface area contributed by atoms with Gasteiger partial charge in [-0.25, -0.2) is 0 Å². The van der Waals surface area contributed by atoms with Crippen LogP contribution in [0.2, 0.25) is 0 Å². The third kappa shape index (κ3) is 4.58. The van der Waals surface area contributed by atoms with Crippen molar-refractivity contribution in [1.29, 1.82) is 0 Å². The van der Waals surface area contributed by atoms with Crippen LogP contribution in [-0.2, 0) is 29.0 Å². The van der Waals surface area contributed by atoms with E-state index in [1.165, 1.54) is 28.9 Å². The number of piperidine rings is 1. The van der Waals surface area contributed by atoms with Crippen LogP contribution in [0.1, 0.15) is 42.4 Å². The Kier molecular flexibility index (Phi) is 6.01. The zero-order valence-electron chi connectivity index (χ0n) is 16.1. The first-order valence-corrected chi connectivity index (χ1v) is 11.1. The van der Waals surface area contributed by atoms with Crippen LogP contribution in [0.3, 0.4) is 0 Å². The first-order valence-electron chi connectivity index (χ1n) is 10.1. The minimum atomic E-state index is 0.0324. The van der Waals surface area contributed by atoms with Crippen molar-refractivity contribution in [2.75, 3.05) is 17.2 Å². The van der Waals surface area contributed by atoms with E-state index in [2.05, 4.69) is 23.5 Å². The molecule has 146 valence electrons. The summed E-state index contributed by atoms with van der Waals surface area (Å²) in [6.45, 7) is 1.27. The van der Waals surface area contributed by atoms with Crippen molar-refractivity contribution in [3.05, 3.63) is 59.2 Å². The van der Waals surface area contributed by atoms with Crippen LogP contribution in [0.25, 0.3) is 0 Å². The van der Waals surface area contributed by atoms with E-state index in [-0.39, 0.29) is 11.8 Å². The molecule has 1 aliphatic heterocycles. The highest BCUT2D eigenvalue weighted by atomic mass is 32.2. The lowest BCUT2D eigenvalue weighted by atomic mass is 10.1. The molecule has 0 atom stereocenters. The number of hydrogen-bond donors (Lipinski definition) is 1. The monoisotopic (exact) mass is 394 g/mol. The maximum Gasteiger partial charge on any atom is 0.230 e. The first kappa shape index (κ1) is 19.1. The summed E-state index contributed by atoms with van der Waals surface area (Å²) in [5.41, 5.74) is 4.85. The van der Waals surface area contributed by atoms with E-state index < -0.39 is 0 Å². The molecular weight excluding hydrogens is 368 g/mol. The second kappa shape index (κ2) is 8.82. The van der Waals surface area contributed by atoms with Gasteiger partial charge in [-0.05, 0) is 73.1 Å². The van der Waals surface area contributed by atoms with E-state index in [0.29, 0.717) is 18.7 Å². The number of nitrogens with one attached hydrogen (secondary N) is 1. The number of fused-ring (bicyclic) bond motifs is 1. The number of amides is 2. The molecule has 0 aromatic heterocycles. The molecule has 0 bridgehead atoms. The van der Waals surface area contributed by atoms with Gasteiger partial charge in [0.15, 0.2) is 0 Å². The molecule has 1 aliphatic carbocycles. The molecule has 0 spiro atoms. The third-order valence-corrected chi connectivity index (χ3v) is 6.47. The highest BCUT2D eigenvalue weighted by Gasteiger charge is 2.19. The predicted molar refractivity (Wildman–Crippen MR) is 114 cm³/mol. The summed E-state index contributed by atoms with van der Waals surface area (Å²) in [5, 5.41) is 3.00. The van der Waals surface area contributed by atoms with E-state index in [1.54, 1.807) is 11.8 Å². The lowest BCUT2D eigenvalue weighted by molar-refractivity contribution is -0.120. The van der Waals surface area contributed by atoms with Crippen LogP contribution in [-0.4, -0.2) is 24.1 Å². The minimum absolute atomic E-state index is 0.0324. The van der Waals surface area contributed by atoms with Crippen LogP contribution in [0.5, 0.6) is 0 Å². The number of hydrogen-bond acceptors (Lipinski definition) is 3. The number of thioether (sulfide) groups is 1. The van der Waals surface area contributed by atoms with Gasteiger partial charge in [-0.15, -0.1) is 11.8 Å². The predicted octanol–water partition coefficient (Wildman–Crippen LogP) is 4.10. The Balaban J connectivity index is 1.29. The molecule has 4 nitrogen and oxygen atoms in total. The first-order chi connectivity index (χ1) is 13.7. The van der Waals surface area contributed by atoms with Gasteiger partial charge in [0.1, 0.15) is 0 Å². The van der Waals surface area contributed by atoms with Crippen LogP contribution in [0.4, 0.5) is 5.69 Å². The summed E-state index contributed by atoms with van der Waals surface area (Å²) >= 11 is 1.59. The van der Waals surface area contributed by atoms with Crippen molar-refractivity contribution in [1.82, 2.24) is 5.32 Å². The molecule has 4 rings (SSSR count). The molecule has 0 unspecified atom stereocenters. The van der Waals surface area contributed by atoms with Crippen LogP contribution >= 0.6 is 11.8 Å². The molecule has 1 heterocycles. The van der Waals surface area contributed by atoms with E-state index in [1.807, 2.05) is 29.2 Å². The number of anilines is 1. The average Bonchev–Trinajstić information content (AvgIpc) is 3.19. The molecule has 2 amide bonds. The molecule has 2 aliphatic rings. The summed E-state index contributed by atoms with van der Waals surface area (Å²) in [7, 11) is 0. The molecule has 1 saturated heterocycles. The number of aryl methyl sites for hydroxylation is 2. The average molecular weight is 395 g/mol. The van der Waals surface area contributed by atoms with Crippen molar-refractivity contribution in [2.45, 2.75) is 50.0 Å². The Hall–Kier alpha value is -2.27. The molecule has 1 N–H and O–H groups in total. The van der Waals surface area contributed by atoms with E-state index in [4.69, 9.17) is 0 Å². The zero-order valence-corrected chi connectivity index (χ0v) is 16.9. The fourth-order valence-corrected chi connectivity index (χ4v) is 4.74. The standard InChI is InChI=1S/C23H26N2O2S/c26-22(16-28-21-11-10-18-6-4-7-19(18)14-21)24-15-17-5-3-8-20(13-17)25-12-2-1-9-23(25)27/h3,5,8,10-11,13-14H,1-2,4,6-7,9,12,15-16H2,(H,24,26). The lowest BCUT2D eigenvalue weighted by Crippen LogP contribution is -2.35. The maximum atomic E-state index is 12.3. The largest absolute Gasteiger partial charge is 0.351 e. The molecule has 1 fully saturated rings. The van der Waals surface area contributed by atoms with Crippen molar-refractivity contribution in [3.63, 3.8) is 0 Å². The zero-order chi connectivity index (χ0) is 19.3. The third-order valence-electron chi connectivity index (χ3n) is 5.48. The Bertz CT molecular complexity index is 881. The smallest absolute Gasteiger partial charge is 0.230 e. The normalized spacial score (nSPS) is 16.1. The van der Waals surface area contributed by atoms with Gasteiger partial charge in [-0.2, -0.15) is 0 Å². The second-order valence-corrected chi connectivity index (χ2v) is 8.57. The number of carbonyl (C=O) groups is 2. The van der Waals surface area contributed by atoms with Crippen molar-refractivity contribution in [2.24, 2.45) is 0 Å². The molecular formula is C23H26N2O2S. The van der Waals surface area contributed by atoms with Crippen LogP contribution in [0.15, 0.2) is 47.4 Å². The molecule has 5 heteroatoms. The maximum absolute atomic E-state index is 12.3. The van der Waals surface area contributed by atoms with E-state index >= 15 is 0 Å². The highest BCUT2D eigenvalue weighted by molar-refractivity contribution is 8.00. The highest BCUT2D eigenvalue weighted by Crippen LogP contribution is 2.27. The van der Waals surface area contributed by atoms with Gasteiger partial charge in [0, 0.05) is 30.1 Å². The van der Waals surface area contributed by atoms with E-state index in [9.17, 15) is 9.59 Å². The van der Waals surface area contributed by atoms with Crippen molar-refractivity contribution >= 4 is 29.3 Å². The Morgan fingerprint density at radius 1 is 1.00 bits per heavy atom. The molecule has 28 heavy (non-hydrogen) atoms. The van der Waals surface area contributed by atoms with Crippen LogP contribution < -0.4 is 10.2 Å². The fraction of sp³-hybridized carbons (Fsp3) is 0.391. The fourth-order valence-electron chi connectivity index (χ4n) is 3.95. The van der Waals surface area contributed by atoms with Gasteiger partial charge in [0.05, 0.1) is 5.75 Å². The molecule has 2 aromatic rings. The number of carbonyl (C=O) groups excluding carboxylic acids is 2. The minimum Gasteiger partial charge on any atom is -0.351 e. The summed E-state index contributed by atoms with van der Waals surface area (Å²) in [6.07, 6.45) is 6.24. The van der Waals surface area contributed by atoms with Gasteiger partial charge in [0.2, 0.25) is 11.8 Å². The topological polar surface area (TPSA) is 49.4 Å². The second-order valence-electron chi connectivity index (χ2n) is 7.52. The summed E-state index contributed by atoms with van der Waals surface area (Å²) in [4.78, 5) is 27.4. The summed E-state index contributed by atoms with van der Waals surface area (Å²) in [5.74, 6) is 0.645. The Morgan fingerprint density at radius 3 is 2.79 bits per heavy atom.